The highest BCUT2D eigenvalue weighted by atomic mass is 16.3. The maximum absolute atomic E-state index is 9.25. The van der Waals surface area contributed by atoms with E-state index in [-0.39, 0.29) is 6.61 Å². The number of rotatable bonds is 2. The van der Waals surface area contributed by atoms with Crippen LogP contribution in [0, 0.1) is 5.92 Å². The summed E-state index contributed by atoms with van der Waals surface area (Å²) < 4.78 is 0. The van der Waals surface area contributed by atoms with E-state index in [1.165, 1.54) is 11.1 Å². The van der Waals surface area contributed by atoms with E-state index in [0.717, 1.165) is 17.7 Å². The predicted molar refractivity (Wildman–Crippen MR) is 56.7 cm³/mol. The summed E-state index contributed by atoms with van der Waals surface area (Å²) >= 11 is 0. The highest BCUT2D eigenvalue weighted by molar-refractivity contribution is 5.75. The Hall–Kier alpha value is -1.15. The average molecular weight is 189 g/mol. The zero-order valence-corrected chi connectivity index (χ0v) is 8.62. The van der Waals surface area contributed by atoms with Crippen molar-refractivity contribution in [1.82, 2.24) is 4.98 Å². The van der Waals surface area contributed by atoms with Crippen LogP contribution in [0.2, 0.25) is 0 Å². The van der Waals surface area contributed by atoms with Gasteiger partial charge in [0.05, 0.1) is 12.3 Å². The highest BCUT2D eigenvalue weighted by Crippen LogP contribution is 2.33. The van der Waals surface area contributed by atoms with Crippen LogP contribution in [-0.2, 0) is 13.0 Å². The van der Waals surface area contributed by atoms with Crippen LogP contribution in [0.3, 0.4) is 0 Å². The molecular weight excluding hydrogens is 174 g/mol. The summed E-state index contributed by atoms with van der Waals surface area (Å²) in [6, 6.07) is 1.90. The smallest absolute Gasteiger partial charge is 0.0688 e. The molecule has 14 heavy (non-hydrogen) atoms. The third kappa shape index (κ3) is 1.36. The number of hydrogen-bond acceptors (Lipinski definition) is 2. The lowest BCUT2D eigenvalue weighted by Crippen LogP contribution is -2.00. The molecule has 0 saturated heterocycles. The summed E-state index contributed by atoms with van der Waals surface area (Å²) in [5, 5.41) is 9.25. The van der Waals surface area contributed by atoms with Crippen LogP contribution in [0.25, 0.3) is 5.57 Å². The number of nitrogens with zero attached hydrogens (tertiary/aromatic N) is 1. The van der Waals surface area contributed by atoms with E-state index in [1.54, 1.807) is 6.20 Å². The number of pyridine rings is 1. The molecule has 0 saturated carbocycles. The molecule has 0 aromatic carbocycles. The molecule has 2 rings (SSSR count). The van der Waals surface area contributed by atoms with E-state index in [4.69, 9.17) is 0 Å². The van der Waals surface area contributed by atoms with Crippen LogP contribution in [-0.4, -0.2) is 10.1 Å². The summed E-state index contributed by atoms with van der Waals surface area (Å²) in [5.74, 6) is 0.505. The first-order chi connectivity index (χ1) is 6.74. The lowest BCUT2D eigenvalue weighted by molar-refractivity contribution is 0.281. The average Bonchev–Trinajstić information content (AvgIpc) is 2.60. The standard InChI is InChI=1S/C12H15NO/c1-8(2)10-3-4-11-12(10)9(7-14)5-6-13-11/h3,5-6,8,14H,4,7H2,1-2H3. The normalized spacial score (nSPS) is 14.4. The SMILES string of the molecule is CC(C)C1=CCc2nccc(CO)c21. The van der Waals surface area contributed by atoms with Crippen LogP contribution in [0.5, 0.6) is 0 Å². The van der Waals surface area contributed by atoms with Crippen LogP contribution in [0.15, 0.2) is 18.3 Å². The predicted octanol–water partition coefficient (Wildman–Crippen LogP) is 2.17. The van der Waals surface area contributed by atoms with Gasteiger partial charge in [0.1, 0.15) is 0 Å². The van der Waals surface area contributed by atoms with Crippen LogP contribution >= 0.6 is 0 Å². The van der Waals surface area contributed by atoms with E-state index in [9.17, 15) is 5.11 Å². The molecule has 2 heteroatoms. The first kappa shape index (κ1) is 9.41. The molecule has 0 unspecified atom stereocenters. The molecular formula is C12H15NO. The second-order valence-corrected chi connectivity index (χ2v) is 3.97. The second-order valence-electron chi connectivity index (χ2n) is 3.97. The summed E-state index contributed by atoms with van der Waals surface area (Å²) in [4.78, 5) is 4.34. The Morgan fingerprint density at radius 3 is 2.93 bits per heavy atom. The summed E-state index contributed by atoms with van der Waals surface area (Å²) in [6.07, 6.45) is 4.92. The van der Waals surface area contributed by atoms with Gasteiger partial charge in [-0.1, -0.05) is 19.9 Å². The molecule has 1 N–H and O–H groups in total. The summed E-state index contributed by atoms with van der Waals surface area (Å²) in [5.41, 5.74) is 4.63. The maximum Gasteiger partial charge on any atom is 0.0688 e. The topological polar surface area (TPSA) is 33.1 Å². The third-order valence-corrected chi connectivity index (χ3v) is 2.71. The summed E-state index contributed by atoms with van der Waals surface area (Å²) in [7, 11) is 0. The second kappa shape index (κ2) is 3.54. The molecule has 2 nitrogen and oxygen atoms in total. The first-order valence-electron chi connectivity index (χ1n) is 5.02. The fraction of sp³-hybridized carbons (Fsp3) is 0.417. The number of aliphatic hydroxyl groups is 1. The number of hydrogen-bond donors (Lipinski definition) is 1. The van der Waals surface area contributed by atoms with E-state index in [2.05, 4.69) is 24.9 Å². The molecule has 1 aromatic heterocycles. The number of aliphatic hydroxyl groups excluding tert-OH is 1. The molecule has 0 amide bonds. The Kier molecular flexibility index (Phi) is 2.38. The van der Waals surface area contributed by atoms with Crippen LogP contribution in [0.4, 0.5) is 0 Å². The third-order valence-electron chi connectivity index (χ3n) is 2.71. The van der Waals surface area contributed by atoms with Gasteiger partial charge in [-0.25, -0.2) is 0 Å². The van der Waals surface area contributed by atoms with Crippen molar-refractivity contribution in [2.45, 2.75) is 26.9 Å². The molecule has 0 bridgehead atoms. The van der Waals surface area contributed by atoms with E-state index in [1.807, 2.05) is 6.07 Å². The lowest BCUT2D eigenvalue weighted by Gasteiger charge is -2.12. The van der Waals surface area contributed by atoms with Crippen LogP contribution < -0.4 is 0 Å². The minimum absolute atomic E-state index is 0.106. The number of aromatic nitrogens is 1. The zero-order valence-electron chi connectivity index (χ0n) is 8.62. The molecule has 0 fully saturated rings. The van der Waals surface area contributed by atoms with Crippen molar-refractivity contribution in [3.8, 4) is 0 Å². The van der Waals surface area contributed by atoms with Gasteiger partial charge in [-0.15, -0.1) is 0 Å². The molecule has 0 radical (unpaired) electrons. The van der Waals surface area contributed by atoms with E-state index >= 15 is 0 Å². The number of allylic oxidation sites excluding steroid dienone is 2. The zero-order chi connectivity index (χ0) is 10.1. The molecule has 1 aliphatic rings. The monoisotopic (exact) mass is 189 g/mol. The van der Waals surface area contributed by atoms with Gasteiger partial charge in [0.15, 0.2) is 0 Å². The first-order valence-corrected chi connectivity index (χ1v) is 5.02. The Morgan fingerprint density at radius 2 is 2.29 bits per heavy atom. The maximum atomic E-state index is 9.25. The molecule has 0 aliphatic heterocycles. The Morgan fingerprint density at radius 1 is 1.50 bits per heavy atom. The van der Waals surface area contributed by atoms with Crippen molar-refractivity contribution in [3.05, 3.63) is 35.2 Å². The Bertz CT molecular complexity index is 380. The van der Waals surface area contributed by atoms with Gasteiger partial charge in [-0.2, -0.15) is 0 Å². The number of fused-ring (bicyclic) bond motifs is 1. The van der Waals surface area contributed by atoms with Gasteiger partial charge in [0.2, 0.25) is 0 Å². The molecule has 1 aliphatic carbocycles. The van der Waals surface area contributed by atoms with Gasteiger partial charge < -0.3 is 5.11 Å². The molecule has 0 atom stereocenters. The van der Waals surface area contributed by atoms with Crippen molar-refractivity contribution < 1.29 is 5.11 Å². The van der Waals surface area contributed by atoms with Crippen molar-refractivity contribution in [3.63, 3.8) is 0 Å². The fourth-order valence-electron chi connectivity index (χ4n) is 2.02. The van der Waals surface area contributed by atoms with Crippen molar-refractivity contribution in [2.75, 3.05) is 0 Å². The summed E-state index contributed by atoms with van der Waals surface area (Å²) in [6.45, 7) is 4.46. The van der Waals surface area contributed by atoms with Gasteiger partial charge in [-0.05, 0) is 23.1 Å². The van der Waals surface area contributed by atoms with E-state index in [0.29, 0.717) is 5.92 Å². The van der Waals surface area contributed by atoms with Gasteiger partial charge in [-0.3, -0.25) is 4.98 Å². The Labute approximate surface area is 84.3 Å². The Balaban J connectivity index is 2.52. The molecule has 0 spiro atoms. The highest BCUT2D eigenvalue weighted by Gasteiger charge is 2.20. The van der Waals surface area contributed by atoms with Crippen molar-refractivity contribution in [1.29, 1.82) is 0 Å². The van der Waals surface area contributed by atoms with Crippen LogP contribution in [0.1, 0.15) is 30.7 Å². The molecule has 1 aromatic rings. The largest absolute Gasteiger partial charge is 0.392 e. The van der Waals surface area contributed by atoms with Gasteiger partial charge in [0, 0.05) is 18.2 Å². The molecule has 74 valence electrons. The van der Waals surface area contributed by atoms with Crippen molar-refractivity contribution >= 4 is 5.57 Å². The van der Waals surface area contributed by atoms with Crippen molar-refractivity contribution in [2.24, 2.45) is 5.92 Å². The minimum atomic E-state index is 0.106. The van der Waals surface area contributed by atoms with Gasteiger partial charge in [0.25, 0.3) is 0 Å². The lowest BCUT2D eigenvalue weighted by atomic mass is 9.95. The van der Waals surface area contributed by atoms with E-state index < -0.39 is 0 Å². The fourth-order valence-corrected chi connectivity index (χ4v) is 2.02. The van der Waals surface area contributed by atoms with Gasteiger partial charge >= 0.3 is 0 Å². The molecule has 1 heterocycles. The quantitative estimate of drug-likeness (QED) is 0.773. The minimum Gasteiger partial charge on any atom is -0.392 e.